The van der Waals surface area contributed by atoms with Crippen molar-refractivity contribution in [3.8, 4) is 0 Å². The van der Waals surface area contributed by atoms with Gasteiger partial charge >= 0.3 is 0 Å². The fourth-order valence-corrected chi connectivity index (χ4v) is 2.14. The molecule has 86 valence electrons. The second-order valence-corrected chi connectivity index (χ2v) is 4.87. The van der Waals surface area contributed by atoms with Gasteiger partial charge in [0, 0.05) is 13.1 Å². The average molecular weight is 210 g/mol. The number of hydrogen-bond donors (Lipinski definition) is 1. The van der Waals surface area contributed by atoms with Gasteiger partial charge in [-0.25, -0.2) is 0 Å². The van der Waals surface area contributed by atoms with E-state index in [9.17, 15) is 4.79 Å². The smallest absolute Gasteiger partial charge is 0.236 e. The third-order valence-electron chi connectivity index (χ3n) is 3.36. The number of nitrogens with one attached hydrogen (secondary N) is 1. The van der Waals surface area contributed by atoms with E-state index in [1.165, 1.54) is 38.5 Å². The van der Waals surface area contributed by atoms with Gasteiger partial charge in [-0.1, -0.05) is 12.8 Å². The molecule has 0 aromatic rings. The molecule has 2 fully saturated rings. The van der Waals surface area contributed by atoms with Crippen LogP contribution in [0.15, 0.2) is 0 Å². The summed E-state index contributed by atoms with van der Waals surface area (Å²) in [6, 6.07) is 0. The van der Waals surface area contributed by atoms with Gasteiger partial charge < -0.3 is 10.2 Å². The molecule has 1 aliphatic heterocycles. The number of carbonyl (C=O) groups is 1. The second-order valence-electron chi connectivity index (χ2n) is 4.87. The third kappa shape index (κ3) is 3.82. The molecular weight excluding hydrogens is 188 g/mol. The summed E-state index contributed by atoms with van der Waals surface area (Å²) in [6.45, 7) is 3.55. The lowest BCUT2D eigenvalue weighted by molar-refractivity contribution is -0.130. The van der Waals surface area contributed by atoms with Gasteiger partial charge in [0.15, 0.2) is 0 Å². The molecule has 3 nitrogen and oxygen atoms in total. The van der Waals surface area contributed by atoms with Gasteiger partial charge in [0.25, 0.3) is 0 Å². The van der Waals surface area contributed by atoms with E-state index in [2.05, 4.69) is 5.32 Å². The number of hydrogen-bond acceptors (Lipinski definition) is 2. The van der Waals surface area contributed by atoms with Crippen molar-refractivity contribution in [3.05, 3.63) is 0 Å². The minimum Gasteiger partial charge on any atom is -0.342 e. The fourth-order valence-electron chi connectivity index (χ4n) is 2.14. The van der Waals surface area contributed by atoms with Crippen LogP contribution in [-0.4, -0.2) is 37.0 Å². The number of carbonyl (C=O) groups excluding carboxylic acids is 1. The molecule has 1 amide bonds. The van der Waals surface area contributed by atoms with E-state index in [-0.39, 0.29) is 0 Å². The van der Waals surface area contributed by atoms with E-state index in [0.717, 1.165) is 25.6 Å². The third-order valence-corrected chi connectivity index (χ3v) is 3.36. The quantitative estimate of drug-likeness (QED) is 0.760. The van der Waals surface area contributed by atoms with Crippen LogP contribution in [0.5, 0.6) is 0 Å². The Morgan fingerprint density at radius 1 is 1.13 bits per heavy atom. The summed E-state index contributed by atoms with van der Waals surface area (Å²) in [5.41, 5.74) is 0. The van der Waals surface area contributed by atoms with Gasteiger partial charge in [0.1, 0.15) is 0 Å². The summed E-state index contributed by atoms with van der Waals surface area (Å²) in [5, 5.41) is 3.27. The molecule has 1 saturated carbocycles. The van der Waals surface area contributed by atoms with E-state index in [4.69, 9.17) is 0 Å². The lowest BCUT2D eigenvalue weighted by Gasteiger charge is -2.20. The summed E-state index contributed by atoms with van der Waals surface area (Å²) >= 11 is 0. The first-order valence-corrected chi connectivity index (χ1v) is 6.35. The SMILES string of the molecule is O=C(CNCC1CC1)N1CCCCCC1. The zero-order valence-corrected chi connectivity index (χ0v) is 9.50. The highest BCUT2D eigenvalue weighted by Gasteiger charge is 2.21. The minimum atomic E-state index is 0.303. The predicted octanol–water partition coefficient (Wildman–Crippen LogP) is 1.39. The second kappa shape index (κ2) is 5.50. The Balaban J connectivity index is 1.63. The molecular formula is C12H22N2O. The molecule has 0 aromatic heterocycles. The summed E-state index contributed by atoms with van der Waals surface area (Å²) in [7, 11) is 0. The molecule has 1 aliphatic carbocycles. The van der Waals surface area contributed by atoms with Crippen molar-refractivity contribution in [3.63, 3.8) is 0 Å². The Morgan fingerprint density at radius 2 is 1.80 bits per heavy atom. The van der Waals surface area contributed by atoms with Crippen LogP contribution in [0, 0.1) is 5.92 Å². The van der Waals surface area contributed by atoms with Crippen LogP contribution in [0.3, 0.4) is 0 Å². The standard InChI is InChI=1S/C12H22N2O/c15-12(10-13-9-11-5-6-11)14-7-3-1-2-4-8-14/h11,13H,1-10H2. The van der Waals surface area contributed by atoms with Crippen molar-refractivity contribution < 1.29 is 4.79 Å². The number of nitrogens with zero attached hydrogens (tertiary/aromatic N) is 1. The van der Waals surface area contributed by atoms with E-state index in [1.807, 2.05) is 4.90 Å². The maximum absolute atomic E-state index is 11.8. The zero-order valence-electron chi connectivity index (χ0n) is 9.50. The number of rotatable bonds is 4. The topological polar surface area (TPSA) is 32.3 Å². The highest BCUT2D eigenvalue weighted by molar-refractivity contribution is 5.78. The minimum absolute atomic E-state index is 0.303. The van der Waals surface area contributed by atoms with Crippen molar-refractivity contribution in [1.29, 1.82) is 0 Å². The molecule has 0 radical (unpaired) electrons. The summed E-state index contributed by atoms with van der Waals surface area (Å²) < 4.78 is 0. The number of amides is 1. The summed E-state index contributed by atoms with van der Waals surface area (Å²) in [6.07, 6.45) is 7.66. The summed E-state index contributed by atoms with van der Waals surface area (Å²) in [4.78, 5) is 13.9. The average Bonchev–Trinajstić information content (AvgIpc) is 3.04. The maximum atomic E-state index is 11.8. The zero-order chi connectivity index (χ0) is 10.5. The van der Waals surface area contributed by atoms with Crippen LogP contribution in [0.2, 0.25) is 0 Å². The Hall–Kier alpha value is -0.570. The molecule has 0 atom stereocenters. The van der Waals surface area contributed by atoms with Crippen LogP contribution >= 0.6 is 0 Å². The van der Waals surface area contributed by atoms with Crippen molar-refractivity contribution >= 4 is 5.91 Å². The highest BCUT2D eigenvalue weighted by Crippen LogP contribution is 2.27. The van der Waals surface area contributed by atoms with Crippen LogP contribution in [0.1, 0.15) is 38.5 Å². The normalized spacial score (nSPS) is 22.5. The first-order chi connectivity index (χ1) is 7.36. The van der Waals surface area contributed by atoms with Gasteiger partial charge in [-0.15, -0.1) is 0 Å². The Labute approximate surface area is 92.2 Å². The first kappa shape index (κ1) is 10.9. The molecule has 0 unspecified atom stereocenters. The molecule has 2 aliphatic rings. The molecule has 15 heavy (non-hydrogen) atoms. The van der Waals surface area contributed by atoms with Crippen molar-refractivity contribution in [2.75, 3.05) is 26.2 Å². The van der Waals surface area contributed by atoms with E-state index in [1.54, 1.807) is 0 Å². The van der Waals surface area contributed by atoms with Gasteiger partial charge in [-0.3, -0.25) is 4.79 Å². The van der Waals surface area contributed by atoms with Crippen LogP contribution in [0.4, 0.5) is 0 Å². The largest absolute Gasteiger partial charge is 0.342 e. The molecule has 1 heterocycles. The molecule has 0 aromatic carbocycles. The van der Waals surface area contributed by atoms with Gasteiger partial charge in [0.2, 0.25) is 5.91 Å². The molecule has 1 saturated heterocycles. The lowest BCUT2D eigenvalue weighted by atomic mass is 10.2. The molecule has 1 N–H and O–H groups in total. The van der Waals surface area contributed by atoms with Gasteiger partial charge in [-0.2, -0.15) is 0 Å². The highest BCUT2D eigenvalue weighted by atomic mass is 16.2. The van der Waals surface area contributed by atoms with Crippen molar-refractivity contribution in [1.82, 2.24) is 10.2 Å². The van der Waals surface area contributed by atoms with Crippen molar-refractivity contribution in [2.45, 2.75) is 38.5 Å². The van der Waals surface area contributed by atoms with Crippen molar-refractivity contribution in [2.24, 2.45) is 5.92 Å². The predicted molar refractivity (Wildman–Crippen MR) is 60.6 cm³/mol. The lowest BCUT2D eigenvalue weighted by Crippen LogP contribution is -2.39. The Bertz CT molecular complexity index is 206. The number of likely N-dealkylation sites (tertiary alicyclic amines) is 1. The molecule has 3 heteroatoms. The molecule has 0 bridgehead atoms. The van der Waals surface area contributed by atoms with E-state index in [0.29, 0.717) is 12.5 Å². The van der Waals surface area contributed by atoms with Gasteiger partial charge in [-0.05, 0) is 38.1 Å². The van der Waals surface area contributed by atoms with E-state index >= 15 is 0 Å². The molecule has 2 rings (SSSR count). The van der Waals surface area contributed by atoms with Crippen LogP contribution < -0.4 is 5.32 Å². The molecule has 0 spiro atoms. The Morgan fingerprint density at radius 3 is 2.40 bits per heavy atom. The summed E-state index contributed by atoms with van der Waals surface area (Å²) in [5.74, 6) is 1.17. The van der Waals surface area contributed by atoms with E-state index < -0.39 is 0 Å². The van der Waals surface area contributed by atoms with Gasteiger partial charge in [0.05, 0.1) is 6.54 Å². The first-order valence-electron chi connectivity index (χ1n) is 6.35. The fraction of sp³-hybridized carbons (Fsp3) is 0.917. The van der Waals surface area contributed by atoms with Crippen LogP contribution in [-0.2, 0) is 4.79 Å². The monoisotopic (exact) mass is 210 g/mol. The van der Waals surface area contributed by atoms with Crippen LogP contribution in [0.25, 0.3) is 0 Å². The maximum Gasteiger partial charge on any atom is 0.236 e. The Kier molecular flexibility index (Phi) is 4.01.